The van der Waals surface area contributed by atoms with Gasteiger partial charge in [0.1, 0.15) is 11.0 Å². The van der Waals surface area contributed by atoms with Gasteiger partial charge in [-0.15, -0.1) is 0 Å². The lowest BCUT2D eigenvalue weighted by Gasteiger charge is -2.31. The minimum absolute atomic E-state index is 0.0470. The molecular formula is C11H16ClN3O3. The third-order valence-electron chi connectivity index (χ3n) is 3.04. The smallest absolute Gasteiger partial charge is 0.276 e. The molecule has 1 aromatic heterocycles. The molecule has 1 aromatic rings. The lowest BCUT2D eigenvalue weighted by molar-refractivity contribution is -0.384. The molecule has 0 aliphatic heterocycles. The number of hydrogen-bond donors (Lipinski definition) is 2. The molecule has 0 saturated carbocycles. The fourth-order valence-electron chi connectivity index (χ4n) is 1.61. The van der Waals surface area contributed by atoms with Gasteiger partial charge < -0.3 is 10.4 Å². The summed E-state index contributed by atoms with van der Waals surface area (Å²) in [5, 5.41) is 23.2. The van der Waals surface area contributed by atoms with Crippen LogP contribution in [0.1, 0.15) is 26.7 Å². The van der Waals surface area contributed by atoms with Crippen molar-refractivity contribution in [2.24, 2.45) is 0 Å². The van der Waals surface area contributed by atoms with Crippen molar-refractivity contribution < 1.29 is 10.0 Å². The number of aliphatic hydroxyl groups excluding tert-OH is 1. The molecule has 0 saturated heterocycles. The summed E-state index contributed by atoms with van der Waals surface area (Å²) in [7, 11) is 0. The molecule has 0 amide bonds. The zero-order valence-corrected chi connectivity index (χ0v) is 11.1. The molecule has 0 spiro atoms. The second-order valence-electron chi connectivity index (χ2n) is 4.06. The van der Waals surface area contributed by atoms with Crippen LogP contribution < -0.4 is 5.32 Å². The number of rotatable bonds is 6. The van der Waals surface area contributed by atoms with Crippen molar-refractivity contribution in [3.8, 4) is 0 Å². The molecule has 7 heteroatoms. The van der Waals surface area contributed by atoms with Gasteiger partial charge >= 0.3 is 0 Å². The number of nitro groups is 1. The highest BCUT2D eigenvalue weighted by molar-refractivity contribution is 6.29. The third-order valence-corrected chi connectivity index (χ3v) is 3.23. The normalized spacial score (nSPS) is 11.3. The van der Waals surface area contributed by atoms with Crippen molar-refractivity contribution in [2.75, 3.05) is 11.9 Å². The molecule has 0 radical (unpaired) electrons. The Morgan fingerprint density at radius 2 is 2.11 bits per heavy atom. The first-order valence-electron chi connectivity index (χ1n) is 5.67. The molecule has 18 heavy (non-hydrogen) atoms. The molecule has 2 N–H and O–H groups in total. The van der Waals surface area contributed by atoms with Crippen molar-refractivity contribution in [1.29, 1.82) is 0 Å². The summed E-state index contributed by atoms with van der Waals surface area (Å²) in [6, 6.07) is 2.49. The first-order chi connectivity index (χ1) is 8.46. The summed E-state index contributed by atoms with van der Waals surface area (Å²) in [4.78, 5) is 14.2. The molecule has 0 atom stereocenters. The average Bonchev–Trinajstić information content (AvgIpc) is 2.35. The average molecular weight is 274 g/mol. The third kappa shape index (κ3) is 3.30. The van der Waals surface area contributed by atoms with Crippen molar-refractivity contribution in [1.82, 2.24) is 4.98 Å². The van der Waals surface area contributed by atoms with Crippen LogP contribution in [0.3, 0.4) is 0 Å². The van der Waals surface area contributed by atoms with E-state index in [0.717, 1.165) is 0 Å². The van der Waals surface area contributed by atoms with Crippen molar-refractivity contribution >= 4 is 23.1 Å². The molecule has 0 unspecified atom stereocenters. The lowest BCUT2D eigenvalue weighted by Crippen LogP contribution is -2.41. The molecule has 0 aliphatic carbocycles. The number of halogens is 1. The Labute approximate surface area is 110 Å². The van der Waals surface area contributed by atoms with Gasteiger partial charge in [-0.25, -0.2) is 4.98 Å². The molecule has 0 bridgehead atoms. The number of aromatic nitrogens is 1. The second-order valence-corrected chi connectivity index (χ2v) is 4.45. The molecule has 100 valence electrons. The van der Waals surface area contributed by atoms with Crippen LogP contribution in [0.25, 0.3) is 0 Å². The zero-order valence-electron chi connectivity index (χ0n) is 10.3. The summed E-state index contributed by atoms with van der Waals surface area (Å²) < 4.78 is 0. The van der Waals surface area contributed by atoms with Crippen LogP contribution in [0, 0.1) is 10.1 Å². The highest BCUT2D eigenvalue weighted by atomic mass is 35.5. The van der Waals surface area contributed by atoms with E-state index in [9.17, 15) is 15.2 Å². The van der Waals surface area contributed by atoms with Gasteiger partial charge in [0.25, 0.3) is 5.69 Å². The molecule has 1 rings (SSSR count). The van der Waals surface area contributed by atoms with Gasteiger partial charge in [-0.2, -0.15) is 0 Å². The second kappa shape index (κ2) is 5.97. The fraction of sp³-hybridized carbons (Fsp3) is 0.545. The van der Waals surface area contributed by atoms with E-state index in [4.69, 9.17) is 11.6 Å². The van der Waals surface area contributed by atoms with E-state index in [1.807, 2.05) is 13.8 Å². The number of nitrogens with one attached hydrogen (secondary N) is 1. The molecule has 0 aromatic carbocycles. The fourth-order valence-corrected chi connectivity index (χ4v) is 1.82. The molecule has 6 nitrogen and oxygen atoms in total. The quantitative estimate of drug-likeness (QED) is 0.472. The number of aliphatic hydroxyl groups is 1. The summed E-state index contributed by atoms with van der Waals surface area (Å²) in [5.41, 5.74) is -0.664. The molecule has 1 heterocycles. The van der Waals surface area contributed by atoms with E-state index in [2.05, 4.69) is 10.3 Å². The highest BCUT2D eigenvalue weighted by Crippen LogP contribution is 2.25. The SMILES string of the molecule is CCC(CC)(CO)Nc1cc([N+](=O)[O-])cc(Cl)n1. The first kappa shape index (κ1) is 14.7. The molecular weight excluding hydrogens is 258 g/mol. The Balaban J connectivity index is 3.06. The largest absolute Gasteiger partial charge is 0.394 e. The van der Waals surface area contributed by atoms with Gasteiger partial charge in [0.15, 0.2) is 0 Å². The maximum Gasteiger partial charge on any atom is 0.276 e. The van der Waals surface area contributed by atoms with Crippen LogP contribution in [0.4, 0.5) is 11.5 Å². The van der Waals surface area contributed by atoms with Crippen molar-refractivity contribution in [2.45, 2.75) is 32.2 Å². The van der Waals surface area contributed by atoms with Gasteiger partial charge in [0, 0.05) is 0 Å². The summed E-state index contributed by atoms with van der Waals surface area (Å²) in [5.74, 6) is 0.298. The van der Waals surface area contributed by atoms with E-state index >= 15 is 0 Å². The predicted octanol–water partition coefficient (Wildman–Crippen LogP) is 2.61. The maximum atomic E-state index is 10.7. The van der Waals surface area contributed by atoms with Crippen molar-refractivity contribution in [3.63, 3.8) is 0 Å². The topological polar surface area (TPSA) is 88.3 Å². The Hall–Kier alpha value is -1.40. The van der Waals surface area contributed by atoms with Crippen molar-refractivity contribution in [3.05, 3.63) is 27.4 Å². The van der Waals surface area contributed by atoms with Crippen LogP contribution in [0.15, 0.2) is 12.1 Å². The minimum Gasteiger partial charge on any atom is -0.394 e. The highest BCUT2D eigenvalue weighted by Gasteiger charge is 2.26. The van der Waals surface area contributed by atoms with E-state index in [1.54, 1.807) is 0 Å². The monoisotopic (exact) mass is 273 g/mol. The molecule has 0 fully saturated rings. The van der Waals surface area contributed by atoms with Crippen LogP contribution in [0.5, 0.6) is 0 Å². The van der Waals surface area contributed by atoms with Crippen LogP contribution in [-0.2, 0) is 0 Å². The number of pyridine rings is 1. The summed E-state index contributed by atoms with van der Waals surface area (Å²) in [6.45, 7) is 3.76. The van der Waals surface area contributed by atoms with Crippen LogP contribution in [0.2, 0.25) is 5.15 Å². The van der Waals surface area contributed by atoms with Gasteiger partial charge in [-0.05, 0) is 12.8 Å². The standard InChI is InChI=1S/C11H16ClN3O3/c1-3-11(4-2,7-16)14-10-6-8(15(17)18)5-9(12)13-10/h5-6,16H,3-4,7H2,1-2H3,(H,13,14). The number of hydrogen-bond acceptors (Lipinski definition) is 5. The summed E-state index contributed by atoms with van der Waals surface area (Å²) >= 11 is 5.73. The Bertz CT molecular complexity index is 427. The maximum absolute atomic E-state index is 10.7. The Morgan fingerprint density at radius 3 is 2.56 bits per heavy atom. The van der Waals surface area contributed by atoms with Gasteiger partial charge in [-0.1, -0.05) is 25.4 Å². The Kier molecular flexibility index (Phi) is 4.86. The minimum atomic E-state index is -0.536. The first-order valence-corrected chi connectivity index (χ1v) is 6.05. The van der Waals surface area contributed by atoms with Gasteiger partial charge in [-0.3, -0.25) is 10.1 Å². The summed E-state index contributed by atoms with van der Waals surface area (Å²) in [6.07, 6.45) is 1.34. The van der Waals surface area contributed by atoms with E-state index in [0.29, 0.717) is 18.7 Å². The van der Waals surface area contributed by atoms with Crippen LogP contribution >= 0.6 is 11.6 Å². The Morgan fingerprint density at radius 1 is 1.50 bits per heavy atom. The van der Waals surface area contributed by atoms with E-state index in [-0.39, 0.29) is 17.4 Å². The number of nitrogens with zero attached hydrogens (tertiary/aromatic N) is 2. The van der Waals surface area contributed by atoms with E-state index in [1.165, 1.54) is 12.1 Å². The zero-order chi connectivity index (χ0) is 13.8. The molecule has 0 aliphatic rings. The lowest BCUT2D eigenvalue weighted by atomic mass is 9.94. The number of anilines is 1. The van der Waals surface area contributed by atoms with Gasteiger partial charge in [0.05, 0.1) is 29.2 Å². The van der Waals surface area contributed by atoms with Gasteiger partial charge in [0.2, 0.25) is 0 Å². The predicted molar refractivity (Wildman–Crippen MR) is 69.9 cm³/mol. The van der Waals surface area contributed by atoms with E-state index < -0.39 is 10.5 Å². The van der Waals surface area contributed by atoms with Crippen LogP contribution in [-0.4, -0.2) is 27.2 Å².